The highest BCUT2D eigenvalue weighted by Crippen LogP contribution is 2.34. The van der Waals surface area contributed by atoms with Gasteiger partial charge >= 0.3 is 5.97 Å². The van der Waals surface area contributed by atoms with E-state index >= 15 is 0 Å². The maximum atomic E-state index is 10.9. The Bertz CT molecular complexity index is 467. The summed E-state index contributed by atoms with van der Waals surface area (Å²) in [7, 11) is 1.51. The zero-order valence-electron chi connectivity index (χ0n) is 11.2. The lowest BCUT2D eigenvalue weighted by Gasteiger charge is -2.35. The summed E-state index contributed by atoms with van der Waals surface area (Å²) in [5.41, 5.74) is -0.0387. The number of hydrogen-bond donors (Lipinski definition) is 2. The van der Waals surface area contributed by atoms with Crippen molar-refractivity contribution in [3.8, 4) is 11.5 Å². The fraction of sp³-hybridized carbons (Fsp3) is 0.500. The van der Waals surface area contributed by atoms with Crippen molar-refractivity contribution in [1.29, 1.82) is 0 Å². The summed E-state index contributed by atoms with van der Waals surface area (Å²) >= 11 is 0. The van der Waals surface area contributed by atoms with Gasteiger partial charge in [-0.05, 0) is 51.1 Å². The van der Waals surface area contributed by atoms with Gasteiger partial charge in [0.25, 0.3) is 0 Å². The smallest absolute Gasteiger partial charge is 0.335 e. The van der Waals surface area contributed by atoms with Crippen molar-refractivity contribution in [2.75, 3.05) is 20.2 Å². The van der Waals surface area contributed by atoms with Crippen LogP contribution in [0, 0.1) is 0 Å². The van der Waals surface area contributed by atoms with Crippen LogP contribution in [0.5, 0.6) is 11.5 Å². The highest BCUT2D eigenvalue weighted by atomic mass is 16.5. The predicted molar refractivity (Wildman–Crippen MR) is 71.1 cm³/mol. The standard InChI is InChI=1S/C14H19NO4/c1-14(5-7-15-8-6-14)19-11-4-3-10(13(16)17)9-12(11)18-2/h3-4,9,15H,5-8H2,1-2H3,(H,16,17). The highest BCUT2D eigenvalue weighted by Gasteiger charge is 2.29. The van der Waals surface area contributed by atoms with Crippen LogP contribution in [0.15, 0.2) is 18.2 Å². The molecule has 1 fully saturated rings. The minimum atomic E-state index is -0.974. The van der Waals surface area contributed by atoms with Gasteiger partial charge in [-0.3, -0.25) is 0 Å². The third-order valence-electron chi connectivity index (χ3n) is 3.43. The number of carboxylic acid groups (broad SMARTS) is 1. The van der Waals surface area contributed by atoms with E-state index in [4.69, 9.17) is 14.6 Å². The van der Waals surface area contributed by atoms with Gasteiger partial charge in [-0.25, -0.2) is 4.79 Å². The van der Waals surface area contributed by atoms with Gasteiger partial charge in [0.05, 0.1) is 12.7 Å². The molecule has 0 aromatic heterocycles. The van der Waals surface area contributed by atoms with Crippen LogP contribution in [0.2, 0.25) is 0 Å². The van der Waals surface area contributed by atoms with Gasteiger partial charge in [-0.2, -0.15) is 0 Å². The number of rotatable bonds is 4. The molecule has 5 heteroatoms. The molecule has 104 valence electrons. The second-order valence-corrected chi connectivity index (χ2v) is 4.97. The van der Waals surface area contributed by atoms with Gasteiger partial charge in [0.2, 0.25) is 0 Å². The van der Waals surface area contributed by atoms with Crippen molar-refractivity contribution in [3.05, 3.63) is 23.8 Å². The van der Waals surface area contributed by atoms with E-state index in [9.17, 15) is 4.79 Å². The summed E-state index contributed by atoms with van der Waals surface area (Å²) in [4.78, 5) is 10.9. The first-order valence-corrected chi connectivity index (χ1v) is 6.35. The molecule has 5 nitrogen and oxygen atoms in total. The van der Waals surface area contributed by atoms with Crippen LogP contribution < -0.4 is 14.8 Å². The molecule has 0 saturated carbocycles. The van der Waals surface area contributed by atoms with E-state index < -0.39 is 5.97 Å². The summed E-state index contributed by atoms with van der Waals surface area (Å²) in [5, 5.41) is 12.3. The zero-order chi connectivity index (χ0) is 13.9. The third kappa shape index (κ3) is 3.17. The van der Waals surface area contributed by atoms with E-state index in [-0.39, 0.29) is 11.2 Å². The Morgan fingerprint density at radius 3 is 2.58 bits per heavy atom. The summed E-state index contributed by atoms with van der Waals surface area (Å²) < 4.78 is 11.3. The molecule has 19 heavy (non-hydrogen) atoms. The van der Waals surface area contributed by atoms with Gasteiger partial charge < -0.3 is 19.9 Å². The lowest BCUT2D eigenvalue weighted by molar-refractivity contribution is 0.0526. The number of benzene rings is 1. The number of piperidine rings is 1. The molecule has 2 rings (SSSR count). The monoisotopic (exact) mass is 265 g/mol. The fourth-order valence-corrected chi connectivity index (χ4v) is 2.21. The van der Waals surface area contributed by atoms with Crippen LogP contribution in [-0.4, -0.2) is 36.9 Å². The first-order valence-electron chi connectivity index (χ1n) is 6.35. The number of aromatic carboxylic acids is 1. The Balaban J connectivity index is 2.22. The number of carboxylic acids is 1. The quantitative estimate of drug-likeness (QED) is 0.870. The van der Waals surface area contributed by atoms with Gasteiger partial charge in [0.1, 0.15) is 5.60 Å². The normalized spacial score (nSPS) is 17.8. The Morgan fingerprint density at radius 2 is 2.00 bits per heavy atom. The Kier molecular flexibility index (Phi) is 3.95. The fourth-order valence-electron chi connectivity index (χ4n) is 2.21. The third-order valence-corrected chi connectivity index (χ3v) is 3.43. The van der Waals surface area contributed by atoms with Gasteiger partial charge in [0.15, 0.2) is 11.5 Å². The molecular weight excluding hydrogens is 246 g/mol. The van der Waals surface area contributed by atoms with Gasteiger partial charge in [-0.1, -0.05) is 0 Å². The number of methoxy groups -OCH3 is 1. The first kappa shape index (κ1) is 13.7. The molecule has 1 aliphatic rings. The molecule has 0 aliphatic carbocycles. The molecular formula is C14H19NO4. The van der Waals surface area contributed by atoms with E-state index in [1.807, 2.05) is 0 Å². The van der Waals surface area contributed by atoms with Crippen LogP contribution in [0.25, 0.3) is 0 Å². The lowest BCUT2D eigenvalue weighted by atomic mass is 9.94. The van der Waals surface area contributed by atoms with Crippen LogP contribution in [0.3, 0.4) is 0 Å². The minimum absolute atomic E-state index is 0.194. The second kappa shape index (κ2) is 5.48. The van der Waals surface area contributed by atoms with Crippen molar-refractivity contribution in [2.45, 2.75) is 25.4 Å². The molecule has 0 amide bonds. The summed E-state index contributed by atoms with van der Waals surface area (Å²) in [6.45, 7) is 3.91. The minimum Gasteiger partial charge on any atom is -0.493 e. The number of hydrogen-bond acceptors (Lipinski definition) is 4. The van der Waals surface area contributed by atoms with Crippen LogP contribution in [0.4, 0.5) is 0 Å². The van der Waals surface area contributed by atoms with Gasteiger partial charge in [0, 0.05) is 0 Å². The van der Waals surface area contributed by atoms with E-state index in [1.54, 1.807) is 6.07 Å². The van der Waals surface area contributed by atoms with Crippen LogP contribution in [-0.2, 0) is 0 Å². The highest BCUT2D eigenvalue weighted by molar-refractivity contribution is 5.88. The average Bonchev–Trinajstić information content (AvgIpc) is 2.39. The molecule has 1 aromatic rings. The molecule has 1 heterocycles. The number of ether oxygens (including phenoxy) is 2. The zero-order valence-corrected chi connectivity index (χ0v) is 11.2. The first-order chi connectivity index (χ1) is 9.04. The Labute approximate surface area is 112 Å². The van der Waals surface area contributed by atoms with Crippen molar-refractivity contribution in [1.82, 2.24) is 5.32 Å². The molecule has 0 radical (unpaired) electrons. The molecule has 1 saturated heterocycles. The summed E-state index contributed by atoms with van der Waals surface area (Å²) in [5.74, 6) is 0.0782. The molecule has 0 atom stereocenters. The average molecular weight is 265 g/mol. The number of nitrogens with one attached hydrogen (secondary N) is 1. The molecule has 0 unspecified atom stereocenters. The van der Waals surface area contributed by atoms with Gasteiger partial charge in [-0.15, -0.1) is 0 Å². The topological polar surface area (TPSA) is 67.8 Å². The van der Waals surface area contributed by atoms with Crippen molar-refractivity contribution in [3.63, 3.8) is 0 Å². The largest absolute Gasteiger partial charge is 0.493 e. The van der Waals surface area contributed by atoms with E-state index in [1.165, 1.54) is 19.2 Å². The summed E-state index contributed by atoms with van der Waals surface area (Å²) in [6, 6.07) is 4.68. The molecule has 0 bridgehead atoms. The maximum Gasteiger partial charge on any atom is 0.335 e. The molecule has 1 aliphatic heterocycles. The molecule has 1 aromatic carbocycles. The molecule has 2 N–H and O–H groups in total. The van der Waals surface area contributed by atoms with E-state index in [0.717, 1.165) is 25.9 Å². The second-order valence-electron chi connectivity index (χ2n) is 4.97. The maximum absolute atomic E-state index is 10.9. The van der Waals surface area contributed by atoms with Crippen molar-refractivity contribution >= 4 is 5.97 Å². The molecule has 0 spiro atoms. The van der Waals surface area contributed by atoms with Crippen LogP contribution >= 0.6 is 0 Å². The SMILES string of the molecule is COc1cc(C(=O)O)ccc1OC1(C)CCNCC1. The number of carbonyl (C=O) groups is 1. The predicted octanol–water partition coefficient (Wildman–Crippen LogP) is 1.91. The van der Waals surface area contributed by atoms with Crippen molar-refractivity contribution in [2.24, 2.45) is 0 Å². The lowest BCUT2D eigenvalue weighted by Crippen LogP contribution is -2.43. The van der Waals surface area contributed by atoms with Crippen LogP contribution in [0.1, 0.15) is 30.1 Å². The van der Waals surface area contributed by atoms with E-state index in [0.29, 0.717) is 11.5 Å². The Hall–Kier alpha value is -1.75. The Morgan fingerprint density at radius 1 is 1.32 bits per heavy atom. The summed E-state index contributed by atoms with van der Waals surface area (Å²) in [6.07, 6.45) is 1.83. The van der Waals surface area contributed by atoms with Crippen molar-refractivity contribution < 1.29 is 19.4 Å². The van der Waals surface area contributed by atoms with E-state index in [2.05, 4.69) is 12.2 Å².